The maximum atomic E-state index is 6.61. The lowest BCUT2D eigenvalue weighted by Crippen LogP contribution is -2.34. The molecule has 0 aromatic heterocycles. The summed E-state index contributed by atoms with van der Waals surface area (Å²) in [6, 6.07) is 24.5. The predicted molar refractivity (Wildman–Crippen MR) is 141 cm³/mol. The Morgan fingerprint density at radius 1 is 0.879 bits per heavy atom. The minimum atomic E-state index is -0.470. The molecule has 3 nitrogen and oxygen atoms in total. The molecular weight excluding hydrogens is 587 g/mol. The predicted octanol–water partition coefficient (Wildman–Crippen LogP) is 8.91. The fraction of sp³-hybridized carbons (Fsp3) is 0.115. The number of rotatable bonds is 2. The van der Waals surface area contributed by atoms with E-state index in [4.69, 9.17) is 33.0 Å². The molecule has 0 bridgehead atoms. The largest absolute Gasteiger partial charge is 0.463 e. The van der Waals surface area contributed by atoms with Crippen molar-refractivity contribution in [3.8, 4) is 5.75 Å². The van der Waals surface area contributed by atoms with Crippen LogP contribution in [0.3, 0.4) is 0 Å². The van der Waals surface area contributed by atoms with Gasteiger partial charge in [-0.2, -0.15) is 5.10 Å². The molecule has 7 heteroatoms. The highest BCUT2D eigenvalue weighted by atomic mass is 79.9. The maximum Gasteiger partial charge on any atom is 0.215 e. The fourth-order valence-corrected chi connectivity index (χ4v) is 6.42. The van der Waals surface area contributed by atoms with Crippen LogP contribution in [0.4, 0.5) is 0 Å². The summed E-state index contributed by atoms with van der Waals surface area (Å²) in [6.45, 7) is 0. The minimum absolute atomic E-state index is 0.0146. The van der Waals surface area contributed by atoms with Gasteiger partial charge in [-0.3, -0.25) is 0 Å². The summed E-state index contributed by atoms with van der Waals surface area (Å²) in [4.78, 5) is 0. The lowest BCUT2D eigenvalue weighted by Gasteiger charge is -2.39. The van der Waals surface area contributed by atoms with Gasteiger partial charge in [0.1, 0.15) is 5.75 Å². The monoisotopic (exact) mass is 600 g/mol. The Balaban J connectivity index is 1.49. The second-order valence-electron chi connectivity index (χ2n) is 8.15. The molecule has 4 aromatic carbocycles. The smallest absolute Gasteiger partial charge is 0.215 e. The van der Waals surface area contributed by atoms with Gasteiger partial charge in [0.25, 0.3) is 0 Å². The number of nitrogens with zero attached hydrogens (tertiary/aromatic N) is 2. The van der Waals surface area contributed by atoms with E-state index in [1.165, 1.54) is 10.8 Å². The lowest BCUT2D eigenvalue weighted by molar-refractivity contribution is -0.0196. The molecule has 0 saturated heterocycles. The van der Waals surface area contributed by atoms with Crippen molar-refractivity contribution < 1.29 is 4.74 Å². The van der Waals surface area contributed by atoms with Gasteiger partial charge in [-0.1, -0.05) is 81.6 Å². The van der Waals surface area contributed by atoms with Crippen LogP contribution in [0.15, 0.2) is 86.8 Å². The number of fused-ring (bicyclic) bond motifs is 4. The third kappa shape index (κ3) is 3.75. The third-order valence-electron chi connectivity index (χ3n) is 6.12. The molecule has 4 aromatic rings. The highest BCUT2D eigenvalue weighted by molar-refractivity contribution is 9.11. The van der Waals surface area contributed by atoms with Crippen molar-refractivity contribution >= 4 is 71.5 Å². The second-order valence-corrected chi connectivity index (χ2v) is 10.8. The second kappa shape index (κ2) is 8.31. The zero-order valence-corrected chi connectivity index (χ0v) is 21.8. The standard InChI is InChI=1S/C26H16Br2Cl2N2O/c27-17-10-20-24-13-23(16-6-5-14-3-1-2-4-15(14)9-16)31-32(24)26(33-25(20)21(28)11-17)19-8-7-18(29)12-22(19)30/h1-12,24,26H,13H2/t24-,26+/m1/s1. The van der Waals surface area contributed by atoms with Gasteiger partial charge in [0.05, 0.1) is 21.2 Å². The Hall–Kier alpha value is -2.05. The number of hydrazone groups is 1. The molecule has 0 radical (unpaired) electrons. The summed E-state index contributed by atoms with van der Waals surface area (Å²) in [7, 11) is 0. The van der Waals surface area contributed by atoms with Crippen molar-refractivity contribution in [2.24, 2.45) is 5.10 Å². The van der Waals surface area contributed by atoms with Gasteiger partial charge in [-0.15, -0.1) is 0 Å². The van der Waals surface area contributed by atoms with Gasteiger partial charge in [0.2, 0.25) is 6.23 Å². The minimum Gasteiger partial charge on any atom is -0.463 e. The Bertz CT molecular complexity index is 1460. The van der Waals surface area contributed by atoms with Crippen LogP contribution in [0.1, 0.15) is 35.4 Å². The van der Waals surface area contributed by atoms with Crippen LogP contribution in [-0.4, -0.2) is 10.7 Å². The van der Waals surface area contributed by atoms with Crippen LogP contribution in [0, 0.1) is 0 Å². The molecule has 33 heavy (non-hydrogen) atoms. The summed E-state index contributed by atoms with van der Waals surface area (Å²) in [6.07, 6.45) is 0.293. The molecule has 0 saturated carbocycles. The first-order chi connectivity index (χ1) is 16.0. The summed E-state index contributed by atoms with van der Waals surface area (Å²) < 4.78 is 8.39. The highest BCUT2D eigenvalue weighted by Gasteiger charge is 2.42. The molecule has 0 aliphatic carbocycles. The Labute approximate surface area is 218 Å². The normalized spacial score (nSPS) is 19.2. The van der Waals surface area contributed by atoms with Crippen molar-refractivity contribution in [3.05, 3.63) is 108 Å². The first-order valence-corrected chi connectivity index (χ1v) is 12.8. The van der Waals surface area contributed by atoms with Gasteiger partial charge >= 0.3 is 0 Å². The van der Waals surface area contributed by atoms with Crippen molar-refractivity contribution in [1.82, 2.24) is 5.01 Å². The number of halogens is 4. The Morgan fingerprint density at radius 3 is 2.52 bits per heavy atom. The summed E-state index contributed by atoms with van der Waals surface area (Å²) in [5.74, 6) is 0.811. The quantitative estimate of drug-likeness (QED) is 0.229. The first-order valence-electron chi connectivity index (χ1n) is 10.4. The van der Waals surface area contributed by atoms with Gasteiger partial charge in [0.15, 0.2) is 0 Å². The van der Waals surface area contributed by atoms with Gasteiger partial charge in [-0.05, 0) is 62.6 Å². The van der Waals surface area contributed by atoms with E-state index in [1.807, 2.05) is 23.2 Å². The summed E-state index contributed by atoms with van der Waals surface area (Å²) >= 11 is 20.1. The van der Waals surface area contributed by atoms with Crippen LogP contribution in [-0.2, 0) is 0 Å². The molecule has 2 atom stereocenters. The zero-order chi connectivity index (χ0) is 22.7. The number of benzene rings is 4. The van der Waals surface area contributed by atoms with Crippen molar-refractivity contribution in [2.45, 2.75) is 18.7 Å². The molecule has 0 unspecified atom stereocenters. The van der Waals surface area contributed by atoms with Crippen LogP contribution in [0.2, 0.25) is 10.0 Å². The van der Waals surface area contributed by atoms with E-state index in [0.717, 1.165) is 43.5 Å². The summed E-state index contributed by atoms with van der Waals surface area (Å²) in [5, 5.41) is 10.6. The zero-order valence-electron chi connectivity index (χ0n) is 17.1. The molecule has 0 spiro atoms. The van der Waals surface area contributed by atoms with E-state index >= 15 is 0 Å². The molecule has 164 valence electrons. The van der Waals surface area contributed by atoms with E-state index in [2.05, 4.69) is 80.4 Å². The average molecular weight is 603 g/mol. The molecule has 0 amide bonds. The van der Waals surface area contributed by atoms with Crippen LogP contribution >= 0.6 is 55.1 Å². The maximum absolute atomic E-state index is 6.61. The Morgan fingerprint density at radius 2 is 1.70 bits per heavy atom. The van der Waals surface area contributed by atoms with Crippen molar-refractivity contribution in [2.75, 3.05) is 0 Å². The molecule has 0 fully saturated rings. The van der Waals surface area contributed by atoms with Gasteiger partial charge in [0, 0.05) is 27.0 Å². The molecular formula is C26H16Br2Cl2N2O. The van der Waals surface area contributed by atoms with E-state index in [9.17, 15) is 0 Å². The fourth-order valence-electron chi connectivity index (χ4n) is 4.56. The number of ether oxygens (including phenoxy) is 1. The summed E-state index contributed by atoms with van der Waals surface area (Å²) in [5.41, 5.74) is 4.04. The molecule has 2 aliphatic rings. The molecule has 2 aliphatic heterocycles. The van der Waals surface area contributed by atoms with Gasteiger partial charge in [-0.25, -0.2) is 5.01 Å². The lowest BCUT2D eigenvalue weighted by atomic mass is 9.95. The number of hydrogen-bond donors (Lipinski definition) is 0. The van der Waals surface area contributed by atoms with Crippen LogP contribution in [0.25, 0.3) is 10.8 Å². The molecule has 6 rings (SSSR count). The average Bonchev–Trinajstić information content (AvgIpc) is 3.25. The van der Waals surface area contributed by atoms with E-state index < -0.39 is 6.23 Å². The van der Waals surface area contributed by atoms with E-state index in [1.54, 1.807) is 6.07 Å². The molecule has 0 N–H and O–H groups in total. The SMILES string of the molecule is Clc1ccc([C@@H]2Oc3c(Br)cc(Br)cc3[C@H]3CC(c4ccc5ccccc5c4)=NN32)c(Cl)c1. The van der Waals surface area contributed by atoms with Gasteiger partial charge < -0.3 is 4.74 Å². The third-order valence-corrected chi connectivity index (χ3v) is 7.73. The number of hydrogen-bond acceptors (Lipinski definition) is 3. The highest BCUT2D eigenvalue weighted by Crippen LogP contribution is 2.51. The first kappa shape index (κ1) is 21.5. The Kier molecular flexibility index (Phi) is 5.41. The van der Waals surface area contributed by atoms with Crippen LogP contribution < -0.4 is 4.74 Å². The van der Waals surface area contributed by atoms with E-state index in [0.29, 0.717) is 10.0 Å². The van der Waals surface area contributed by atoms with Crippen molar-refractivity contribution in [1.29, 1.82) is 0 Å². The van der Waals surface area contributed by atoms with E-state index in [-0.39, 0.29) is 6.04 Å². The molecule has 2 heterocycles. The van der Waals surface area contributed by atoms with Crippen LogP contribution in [0.5, 0.6) is 5.75 Å². The topological polar surface area (TPSA) is 24.8 Å². The van der Waals surface area contributed by atoms with Crippen molar-refractivity contribution in [3.63, 3.8) is 0 Å².